The SMILES string of the molecule is CSc1nc(Cl)cc(Oc2cc(C)c([N+](=O)[O-])cc2C)n1. The lowest BCUT2D eigenvalue weighted by atomic mass is 10.1. The van der Waals surface area contributed by atoms with Gasteiger partial charge in [0.2, 0.25) is 5.88 Å². The van der Waals surface area contributed by atoms with Gasteiger partial charge in [-0.2, -0.15) is 4.98 Å². The Morgan fingerprint density at radius 1 is 1.24 bits per heavy atom. The summed E-state index contributed by atoms with van der Waals surface area (Å²) in [5, 5.41) is 11.7. The number of benzene rings is 1. The zero-order valence-electron chi connectivity index (χ0n) is 11.6. The summed E-state index contributed by atoms with van der Waals surface area (Å²) in [6, 6.07) is 4.59. The third-order valence-corrected chi connectivity index (χ3v) is 3.48. The second-order valence-corrected chi connectivity index (χ2v) is 5.44. The van der Waals surface area contributed by atoms with E-state index < -0.39 is 4.92 Å². The molecular weight excluding hydrogens is 314 g/mol. The van der Waals surface area contributed by atoms with Crippen molar-refractivity contribution in [3.05, 3.63) is 44.6 Å². The Morgan fingerprint density at radius 3 is 2.57 bits per heavy atom. The highest BCUT2D eigenvalue weighted by molar-refractivity contribution is 7.98. The minimum absolute atomic E-state index is 0.0605. The van der Waals surface area contributed by atoms with Gasteiger partial charge < -0.3 is 4.74 Å². The van der Waals surface area contributed by atoms with E-state index in [0.29, 0.717) is 27.9 Å². The summed E-state index contributed by atoms with van der Waals surface area (Å²) in [7, 11) is 0. The molecule has 0 radical (unpaired) electrons. The maximum absolute atomic E-state index is 10.9. The summed E-state index contributed by atoms with van der Waals surface area (Å²) in [6.07, 6.45) is 1.83. The Hall–Kier alpha value is -1.86. The summed E-state index contributed by atoms with van der Waals surface area (Å²) >= 11 is 7.24. The van der Waals surface area contributed by atoms with Gasteiger partial charge in [0.1, 0.15) is 10.9 Å². The first-order valence-electron chi connectivity index (χ1n) is 5.92. The van der Waals surface area contributed by atoms with Gasteiger partial charge in [-0.15, -0.1) is 0 Å². The van der Waals surface area contributed by atoms with Crippen LogP contribution in [0.15, 0.2) is 23.4 Å². The molecule has 1 heterocycles. The van der Waals surface area contributed by atoms with Gasteiger partial charge in [0, 0.05) is 17.7 Å². The van der Waals surface area contributed by atoms with Crippen LogP contribution in [0.3, 0.4) is 0 Å². The summed E-state index contributed by atoms with van der Waals surface area (Å²) < 4.78 is 5.68. The number of nitrogens with zero attached hydrogens (tertiary/aromatic N) is 3. The van der Waals surface area contributed by atoms with E-state index in [1.807, 2.05) is 6.26 Å². The van der Waals surface area contributed by atoms with Crippen LogP contribution < -0.4 is 4.74 Å². The van der Waals surface area contributed by atoms with E-state index in [0.717, 1.165) is 0 Å². The number of thioether (sulfide) groups is 1. The highest BCUT2D eigenvalue weighted by Crippen LogP contribution is 2.31. The molecule has 110 valence electrons. The molecule has 1 aromatic heterocycles. The first-order chi connectivity index (χ1) is 9.90. The molecule has 0 bridgehead atoms. The van der Waals surface area contributed by atoms with Gasteiger partial charge in [-0.1, -0.05) is 23.4 Å². The number of hydrogen-bond acceptors (Lipinski definition) is 6. The third-order valence-electron chi connectivity index (χ3n) is 2.74. The molecule has 0 amide bonds. The summed E-state index contributed by atoms with van der Waals surface area (Å²) in [6.45, 7) is 3.39. The van der Waals surface area contributed by atoms with Crippen LogP contribution in [0.5, 0.6) is 11.6 Å². The standard InChI is InChI=1S/C13H12ClN3O3S/c1-7-5-10(8(2)4-9(7)17(18)19)20-12-6-11(14)15-13(16-12)21-3/h4-6H,1-3H3. The zero-order valence-corrected chi connectivity index (χ0v) is 13.2. The van der Waals surface area contributed by atoms with Crippen LogP contribution in [0.2, 0.25) is 5.15 Å². The van der Waals surface area contributed by atoms with Crippen LogP contribution in [-0.2, 0) is 0 Å². The molecule has 1 aromatic carbocycles. The second kappa shape index (κ2) is 6.28. The average Bonchev–Trinajstić information content (AvgIpc) is 2.41. The molecule has 2 aromatic rings. The average molecular weight is 326 g/mol. The van der Waals surface area contributed by atoms with Gasteiger partial charge in [0.15, 0.2) is 5.16 Å². The number of aromatic nitrogens is 2. The van der Waals surface area contributed by atoms with Crippen LogP contribution in [0, 0.1) is 24.0 Å². The molecule has 0 aliphatic heterocycles. The van der Waals surface area contributed by atoms with Crippen LogP contribution >= 0.6 is 23.4 Å². The van der Waals surface area contributed by atoms with Crippen LogP contribution in [0.1, 0.15) is 11.1 Å². The smallest absolute Gasteiger partial charge is 0.272 e. The van der Waals surface area contributed by atoms with Gasteiger partial charge in [0.05, 0.1) is 4.92 Å². The minimum Gasteiger partial charge on any atom is -0.439 e. The first kappa shape index (κ1) is 15.5. The topological polar surface area (TPSA) is 78.2 Å². The number of nitro benzene ring substituents is 1. The minimum atomic E-state index is -0.417. The van der Waals surface area contributed by atoms with Crippen molar-refractivity contribution in [2.45, 2.75) is 19.0 Å². The molecule has 2 rings (SSSR count). The molecule has 0 saturated carbocycles. The van der Waals surface area contributed by atoms with Gasteiger partial charge in [-0.25, -0.2) is 4.98 Å². The molecule has 0 atom stereocenters. The number of ether oxygens (including phenoxy) is 1. The molecule has 0 fully saturated rings. The molecule has 0 unspecified atom stereocenters. The second-order valence-electron chi connectivity index (χ2n) is 4.28. The van der Waals surface area contributed by atoms with Crippen molar-refractivity contribution in [2.24, 2.45) is 0 Å². The predicted octanol–water partition coefficient (Wildman–Crippen LogP) is 4.17. The Balaban J connectivity index is 2.38. The lowest BCUT2D eigenvalue weighted by Gasteiger charge is -2.10. The van der Waals surface area contributed by atoms with Crippen molar-refractivity contribution >= 4 is 29.1 Å². The number of aryl methyl sites for hydroxylation is 2. The van der Waals surface area contributed by atoms with Crippen molar-refractivity contribution in [1.82, 2.24) is 9.97 Å². The summed E-state index contributed by atoms with van der Waals surface area (Å²) in [4.78, 5) is 18.7. The van der Waals surface area contributed by atoms with Crippen LogP contribution in [0.25, 0.3) is 0 Å². The fraction of sp³-hybridized carbons (Fsp3) is 0.231. The lowest BCUT2D eigenvalue weighted by molar-refractivity contribution is -0.385. The van der Waals surface area contributed by atoms with E-state index in [1.54, 1.807) is 19.9 Å². The van der Waals surface area contributed by atoms with E-state index in [9.17, 15) is 10.1 Å². The van der Waals surface area contributed by atoms with E-state index in [1.165, 1.54) is 23.9 Å². The van der Waals surface area contributed by atoms with Crippen LogP contribution in [0.4, 0.5) is 5.69 Å². The monoisotopic (exact) mass is 325 g/mol. The number of nitro groups is 1. The lowest BCUT2D eigenvalue weighted by Crippen LogP contribution is -1.97. The molecule has 0 aliphatic carbocycles. The Labute approximate surface area is 130 Å². The number of rotatable bonds is 4. The molecule has 8 heteroatoms. The number of hydrogen-bond donors (Lipinski definition) is 0. The van der Waals surface area contributed by atoms with Crippen molar-refractivity contribution < 1.29 is 9.66 Å². The van der Waals surface area contributed by atoms with Crippen molar-refractivity contribution in [2.75, 3.05) is 6.26 Å². The Bertz CT molecular complexity index is 709. The molecule has 21 heavy (non-hydrogen) atoms. The normalized spacial score (nSPS) is 10.5. The molecular formula is C13H12ClN3O3S. The zero-order chi connectivity index (χ0) is 15.6. The molecule has 0 saturated heterocycles. The Morgan fingerprint density at radius 2 is 1.95 bits per heavy atom. The van der Waals surface area contributed by atoms with Gasteiger partial charge in [0.25, 0.3) is 5.69 Å². The van der Waals surface area contributed by atoms with Crippen molar-refractivity contribution in [1.29, 1.82) is 0 Å². The van der Waals surface area contributed by atoms with E-state index in [4.69, 9.17) is 16.3 Å². The highest BCUT2D eigenvalue weighted by atomic mass is 35.5. The van der Waals surface area contributed by atoms with Gasteiger partial charge in [-0.05, 0) is 31.7 Å². The summed E-state index contributed by atoms with van der Waals surface area (Å²) in [5.41, 5.74) is 1.23. The van der Waals surface area contributed by atoms with Crippen LogP contribution in [-0.4, -0.2) is 21.1 Å². The van der Waals surface area contributed by atoms with E-state index in [2.05, 4.69) is 9.97 Å². The molecule has 0 spiro atoms. The maximum atomic E-state index is 10.9. The molecule has 0 aliphatic rings. The Kier molecular flexibility index (Phi) is 4.64. The predicted molar refractivity (Wildman–Crippen MR) is 81.5 cm³/mol. The molecule has 6 nitrogen and oxygen atoms in total. The molecule has 0 N–H and O–H groups in total. The fourth-order valence-corrected chi connectivity index (χ4v) is 2.31. The van der Waals surface area contributed by atoms with Gasteiger partial charge >= 0.3 is 0 Å². The maximum Gasteiger partial charge on any atom is 0.272 e. The van der Waals surface area contributed by atoms with E-state index in [-0.39, 0.29) is 10.8 Å². The highest BCUT2D eigenvalue weighted by Gasteiger charge is 2.15. The fourth-order valence-electron chi connectivity index (χ4n) is 1.71. The van der Waals surface area contributed by atoms with Crippen molar-refractivity contribution in [3.8, 4) is 11.6 Å². The van der Waals surface area contributed by atoms with E-state index >= 15 is 0 Å². The van der Waals surface area contributed by atoms with Gasteiger partial charge in [-0.3, -0.25) is 10.1 Å². The first-order valence-corrected chi connectivity index (χ1v) is 7.53. The van der Waals surface area contributed by atoms with Crippen molar-refractivity contribution in [3.63, 3.8) is 0 Å². The quantitative estimate of drug-likeness (QED) is 0.276. The number of halogens is 1. The summed E-state index contributed by atoms with van der Waals surface area (Å²) in [5.74, 6) is 0.802. The largest absolute Gasteiger partial charge is 0.439 e. The third kappa shape index (κ3) is 3.62.